The largest absolute Gasteiger partial charge is 0.303 e. The standard InChI is InChI=1S/C18H16O/c19-12-15-11-14-6-2-4-8-17(14)18(15)10-9-13-5-1-3-7-16(13)18/h1-8,12,15H,9-11H2. The van der Waals surface area contributed by atoms with Crippen molar-refractivity contribution in [3.05, 3.63) is 70.8 Å². The van der Waals surface area contributed by atoms with Crippen molar-refractivity contribution in [1.29, 1.82) is 0 Å². The molecular formula is C18H16O. The normalized spacial score (nSPS) is 27.3. The fourth-order valence-electron chi connectivity index (χ4n) is 4.21. The Bertz CT molecular complexity index is 645. The zero-order valence-corrected chi connectivity index (χ0v) is 10.8. The Morgan fingerprint density at radius 3 is 2.32 bits per heavy atom. The number of hydrogen-bond donors (Lipinski definition) is 0. The molecule has 0 saturated carbocycles. The quantitative estimate of drug-likeness (QED) is 0.708. The second kappa shape index (κ2) is 3.80. The average molecular weight is 248 g/mol. The van der Waals surface area contributed by atoms with E-state index in [-0.39, 0.29) is 11.3 Å². The van der Waals surface area contributed by atoms with Crippen LogP contribution in [0.4, 0.5) is 0 Å². The summed E-state index contributed by atoms with van der Waals surface area (Å²) in [6.45, 7) is 0. The first-order valence-corrected chi connectivity index (χ1v) is 6.98. The van der Waals surface area contributed by atoms with E-state index < -0.39 is 0 Å². The Balaban J connectivity index is 2.01. The Morgan fingerprint density at radius 1 is 0.947 bits per heavy atom. The van der Waals surface area contributed by atoms with Crippen LogP contribution in [0.5, 0.6) is 0 Å². The number of aryl methyl sites for hydroxylation is 1. The summed E-state index contributed by atoms with van der Waals surface area (Å²) in [4.78, 5) is 11.6. The molecule has 1 nitrogen and oxygen atoms in total. The van der Waals surface area contributed by atoms with Gasteiger partial charge in [0.1, 0.15) is 6.29 Å². The predicted octanol–water partition coefficient (Wildman–Crippen LogP) is 3.29. The second-order valence-corrected chi connectivity index (χ2v) is 5.73. The lowest BCUT2D eigenvalue weighted by Crippen LogP contribution is -2.31. The Morgan fingerprint density at radius 2 is 1.58 bits per heavy atom. The van der Waals surface area contributed by atoms with Crippen LogP contribution in [-0.4, -0.2) is 6.29 Å². The molecule has 0 bridgehead atoms. The minimum atomic E-state index is -0.0467. The zero-order chi connectivity index (χ0) is 12.9. The minimum Gasteiger partial charge on any atom is -0.303 e. The molecule has 0 aromatic heterocycles. The lowest BCUT2D eigenvalue weighted by molar-refractivity contribution is -0.112. The van der Waals surface area contributed by atoms with Crippen molar-refractivity contribution in [3.63, 3.8) is 0 Å². The van der Waals surface area contributed by atoms with Crippen LogP contribution >= 0.6 is 0 Å². The number of rotatable bonds is 1. The summed E-state index contributed by atoms with van der Waals surface area (Å²) in [5, 5.41) is 0. The molecule has 0 amide bonds. The molecule has 19 heavy (non-hydrogen) atoms. The van der Waals surface area contributed by atoms with E-state index in [0.29, 0.717) is 0 Å². The Hall–Kier alpha value is -1.89. The van der Waals surface area contributed by atoms with Gasteiger partial charge in [-0.3, -0.25) is 0 Å². The molecule has 2 unspecified atom stereocenters. The molecule has 94 valence electrons. The van der Waals surface area contributed by atoms with Crippen LogP contribution in [0.15, 0.2) is 48.5 Å². The number of carbonyl (C=O) groups excluding carboxylic acids is 1. The Kier molecular flexibility index (Phi) is 2.20. The van der Waals surface area contributed by atoms with Crippen molar-refractivity contribution < 1.29 is 4.79 Å². The molecule has 0 saturated heterocycles. The predicted molar refractivity (Wildman–Crippen MR) is 75.2 cm³/mol. The third-order valence-electron chi connectivity index (χ3n) is 5.02. The van der Waals surface area contributed by atoms with Crippen LogP contribution in [0.2, 0.25) is 0 Å². The van der Waals surface area contributed by atoms with Gasteiger partial charge in [-0.2, -0.15) is 0 Å². The number of fused-ring (bicyclic) bond motifs is 4. The fourth-order valence-corrected chi connectivity index (χ4v) is 4.21. The van der Waals surface area contributed by atoms with E-state index in [0.717, 1.165) is 19.3 Å². The van der Waals surface area contributed by atoms with E-state index in [9.17, 15) is 4.79 Å². The first-order valence-electron chi connectivity index (χ1n) is 6.98. The Labute approximate surface area is 113 Å². The summed E-state index contributed by atoms with van der Waals surface area (Å²) in [6.07, 6.45) is 4.25. The maximum atomic E-state index is 11.6. The van der Waals surface area contributed by atoms with Gasteiger partial charge >= 0.3 is 0 Å². The van der Waals surface area contributed by atoms with E-state index in [4.69, 9.17) is 0 Å². The third-order valence-corrected chi connectivity index (χ3v) is 5.02. The van der Waals surface area contributed by atoms with Gasteiger partial charge in [-0.05, 0) is 41.5 Å². The van der Waals surface area contributed by atoms with Gasteiger partial charge in [0.25, 0.3) is 0 Å². The lowest BCUT2D eigenvalue weighted by atomic mass is 9.71. The minimum absolute atomic E-state index is 0.0467. The highest BCUT2D eigenvalue weighted by Gasteiger charge is 2.50. The smallest absolute Gasteiger partial charge is 0.124 e. The van der Waals surface area contributed by atoms with Crippen LogP contribution in [0.3, 0.4) is 0 Å². The molecule has 4 rings (SSSR count). The summed E-state index contributed by atoms with van der Waals surface area (Å²) in [5.74, 6) is 0.105. The van der Waals surface area contributed by atoms with Gasteiger partial charge in [-0.15, -0.1) is 0 Å². The molecular weight excluding hydrogens is 232 g/mol. The molecule has 1 heteroatoms. The van der Waals surface area contributed by atoms with Crippen LogP contribution in [0, 0.1) is 5.92 Å². The number of aldehydes is 1. The van der Waals surface area contributed by atoms with Gasteiger partial charge in [-0.1, -0.05) is 48.5 Å². The van der Waals surface area contributed by atoms with Gasteiger partial charge in [-0.25, -0.2) is 0 Å². The average Bonchev–Trinajstić information content (AvgIpc) is 3.01. The molecule has 1 spiro atoms. The summed E-state index contributed by atoms with van der Waals surface area (Å²) in [6, 6.07) is 17.2. The van der Waals surface area contributed by atoms with Crippen molar-refractivity contribution >= 4 is 6.29 Å². The van der Waals surface area contributed by atoms with Crippen molar-refractivity contribution in [1.82, 2.24) is 0 Å². The first-order chi connectivity index (χ1) is 9.36. The van der Waals surface area contributed by atoms with E-state index in [2.05, 4.69) is 48.5 Å². The molecule has 2 aromatic rings. The highest BCUT2D eigenvalue weighted by Crippen LogP contribution is 2.54. The van der Waals surface area contributed by atoms with Crippen LogP contribution < -0.4 is 0 Å². The summed E-state index contributed by atoms with van der Waals surface area (Å²) < 4.78 is 0. The van der Waals surface area contributed by atoms with E-state index in [1.54, 1.807) is 0 Å². The van der Waals surface area contributed by atoms with Crippen LogP contribution in [-0.2, 0) is 23.1 Å². The summed E-state index contributed by atoms with van der Waals surface area (Å²) in [7, 11) is 0. The van der Waals surface area contributed by atoms with Crippen molar-refractivity contribution in [2.24, 2.45) is 5.92 Å². The zero-order valence-electron chi connectivity index (χ0n) is 10.8. The molecule has 2 aliphatic carbocycles. The fraction of sp³-hybridized carbons (Fsp3) is 0.278. The van der Waals surface area contributed by atoms with Gasteiger partial charge < -0.3 is 4.79 Å². The monoisotopic (exact) mass is 248 g/mol. The van der Waals surface area contributed by atoms with Gasteiger partial charge in [0.15, 0.2) is 0 Å². The lowest BCUT2D eigenvalue weighted by Gasteiger charge is -2.30. The maximum Gasteiger partial charge on any atom is 0.124 e. The number of benzene rings is 2. The molecule has 0 N–H and O–H groups in total. The first kappa shape index (κ1) is 11.0. The summed E-state index contributed by atoms with van der Waals surface area (Å²) in [5.41, 5.74) is 5.51. The molecule has 0 fully saturated rings. The molecule has 2 atom stereocenters. The maximum absolute atomic E-state index is 11.6. The van der Waals surface area contributed by atoms with Gasteiger partial charge in [0, 0.05) is 11.3 Å². The van der Waals surface area contributed by atoms with Crippen molar-refractivity contribution in [3.8, 4) is 0 Å². The van der Waals surface area contributed by atoms with Crippen molar-refractivity contribution in [2.45, 2.75) is 24.7 Å². The molecule has 0 heterocycles. The SMILES string of the molecule is O=CC1Cc2ccccc2C12CCc1ccccc12. The second-order valence-electron chi connectivity index (χ2n) is 5.73. The number of hydrogen-bond acceptors (Lipinski definition) is 1. The molecule has 2 aliphatic rings. The molecule has 0 radical (unpaired) electrons. The molecule has 0 aliphatic heterocycles. The third kappa shape index (κ3) is 1.28. The van der Waals surface area contributed by atoms with Gasteiger partial charge in [0.2, 0.25) is 0 Å². The van der Waals surface area contributed by atoms with E-state index in [1.807, 2.05) is 0 Å². The van der Waals surface area contributed by atoms with Gasteiger partial charge in [0.05, 0.1) is 0 Å². The summed E-state index contributed by atoms with van der Waals surface area (Å²) >= 11 is 0. The van der Waals surface area contributed by atoms with Crippen LogP contribution in [0.25, 0.3) is 0 Å². The highest BCUT2D eigenvalue weighted by atomic mass is 16.1. The van der Waals surface area contributed by atoms with E-state index >= 15 is 0 Å². The molecule has 2 aromatic carbocycles. The van der Waals surface area contributed by atoms with Crippen molar-refractivity contribution in [2.75, 3.05) is 0 Å². The van der Waals surface area contributed by atoms with E-state index in [1.165, 1.54) is 28.5 Å². The topological polar surface area (TPSA) is 17.1 Å². The highest BCUT2D eigenvalue weighted by molar-refractivity contribution is 5.68. The van der Waals surface area contributed by atoms with Crippen LogP contribution in [0.1, 0.15) is 28.7 Å². The number of carbonyl (C=O) groups is 1.